The number of fused-ring (bicyclic) bond motifs is 2. The number of thiazole rings is 1. The first kappa shape index (κ1) is 18.6. The molecule has 0 spiro atoms. The summed E-state index contributed by atoms with van der Waals surface area (Å²) in [5.74, 6) is -0.132. The van der Waals surface area contributed by atoms with Crippen molar-refractivity contribution in [1.82, 2.24) is 4.98 Å². The van der Waals surface area contributed by atoms with Crippen molar-refractivity contribution in [1.29, 1.82) is 0 Å². The average Bonchev–Trinajstić information content (AvgIpc) is 3.17. The molecule has 0 aliphatic carbocycles. The lowest BCUT2D eigenvalue weighted by atomic mass is 10.0. The van der Waals surface area contributed by atoms with E-state index in [-0.39, 0.29) is 16.6 Å². The molecule has 0 bridgehead atoms. The maximum absolute atomic E-state index is 12.8. The van der Waals surface area contributed by atoms with E-state index in [1.807, 2.05) is 32.9 Å². The third-order valence-electron chi connectivity index (χ3n) is 4.84. The first-order valence-corrected chi connectivity index (χ1v) is 11.3. The summed E-state index contributed by atoms with van der Waals surface area (Å²) in [5, 5.41) is 4.07. The van der Waals surface area contributed by atoms with E-state index in [0.29, 0.717) is 20.9 Å². The van der Waals surface area contributed by atoms with E-state index in [2.05, 4.69) is 10.3 Å². The number of nitrogens with zero attached hydrogens (tertiary/aromatic N) is 1. The molecule has 0 aliphatic rings. The Morgan fingerprint density at radius 1 is 1.11 bits per heavy atom. The fourth-order valence-corrected chi connectivity index (χ4v) is 4.70. The summed E-state index contributed by atoms with van der Waals surface area (Å²) in [6.07, 6.45) is 1.16. The van der Waals surface area contributed by atoms with Crippen molar-refractivity contribution in [3.8, 4) is 0 Å². The van der Waals surface area contributed by atoms with Crippen LogP contribution in [-0.4, -0.2) is 25.6 Å². The number of nitrogens with one attached hydrogen (secondary N) is 1. The first-order valence-electron chi connectivity index (χ1n) is 8.56. The second-order valence-electron chi connectivity index (χ2n) is 6.82. The number of hydrogen-bond donors (Lipinski definition) is 1. The van der Waals surface area contributed by atoms with Crippen molar-refractivity contribution in [2.75, 3.05) is 11.6 Å². The van der Waals surface area contributed by atoms with E-state index < -0.39 is 9.84 Å². The Bertz CT molecular complexity index is 1360. The van der Waals surface area contributed by atoms with Crippen LogP contribution in [0.4, 0.5) is 5.13 Å². The minimum absolute atomic E-state index is 0.223. The normalized spacial score (nSPS) is 12.0. The summed E-state index contributed by atoms with van der Waals surface area (Å²) >= 11 is 1.22. The standard InChI is InChI=1S/C20H18N2O4S2/c1-10-5-7-14-12(3)18(26-17(14)11(10)2)19(23)22-20-21-15-8-6-13(28(4,24)25)9-16(15)27-20/h5-9H,1-4H3,(H,21,22,23). The Hall–Kier alpha value is -2.71. The molecule has 4 aromatic rings. The number of hydrogen-bond acceptors (Lipinski definition) is 6. The predicted molar refractivity (Wildman–Crippen MR) is 111 cm³/mol. The van der Waals surface area contributed by atoms with Gasteiger partial charge in [0.1, 0.15) is 5.58 Å². The molecule has 28 heavy (non-hydrogen) atoms. The van der Waals surface area contributed by atoms with Crippen molar-refractivity contribution < 1.29 is 17.6 Å². The molecule has 144 valence electrons. The Kier molecular flexibility index (Phi) is 4.28. The van der Waals surface area contributed by atoms with Crippen molar-refractivity contribution in [2.24, 2.45) is 0 Å². The fraction of sp³-hybridized carbons (Fsp3) is 0.200. The molecule has 0 aliphatic heterocycles. The second kappa shape index (κ2) is 6.42. The SMILES string of the molecule is Cc1ccc2c(C)c(C(=O)Nc3nc4ccc(S(C)(=O)=O)cc4s3)oc2c1C. The van der Waals surface area contributed by atoms with Gasteiger partial charge in [-0.05, 0) is 50.1 Å². The van der Waals surface area contributed by atoms with Crippen molar-refractivity contribution in [2.45, 2.75) is 25.7 Å². The Balaban J connectivity index is 1.70. The van der Waals surface area contributed by atoms with Gasteiger partial charge in [-0.25, -0.2) is 13.4 Å². The predicted octanol–water partition coefficient (Wildman–Crippen LogP) is 4.62. The zero-order valence-electron chi connectivity index (χ0n) is 15.8. The van der Waals surface area contributed by atoms with Crippen LogP contribution in [-0.2, 0) is 9.84 Å². The lowest BCUT2D eigenvalue weighted by Gasteiger charge is -1.99. The highest BCUT2D eigenvalue weighted by Crippen LogP contribution is 2.32. The molecule has 0 saturated carbocycles. The molecule has 8 heteroatoms. The van der Waals surface area contributed by atoms with Gasteiger partial charge in [-0.2, -0.15) is 0 Å². The number of rotatable bonds is 3. The van der Waals surface area contributed by atoms with Crippen LogP contribution in [0.3, 0.4) is 0 Å². The molecule has 4 rings (SSSR count). The maximum Gasteiger partial charge on any atom is 0.293 e. The molecule has 0 unspecified atom stereocenters. The van der Waals surface area contributed by atoms with Crippen LogP contribution < -0.4 is 5.32 Å². The van der Waals surface area contributed by atoms with Crippen molar-refractivity contribution in [3.05, 3.63) is 52.8 Å². The average molecular weight is 415 g/mol. The number of anilines is 1. The first-order chi connectivity index (χ1) is 13.1. The minimum Gasteiger partial charge on any atom is -0.450 e. The number of amides is 1. The molecule has 0 fully saturated rings. The van der Waals surface area contributed by atoms with E-state index in [1.54, 1.807) is 12.1 Å². The monoisotopic (exact) mass is 414 g/mol. The minimum atomic E-state index is -3.30. The number of aromatic nitrogens is 1. The number of carbonyl (C=O) groups excluding carboxylic acids is 1. The lowest BCUT2D eigenvalue weighted by molar-refractivity contribution is 0.0998. The van der Waals surface area contributed by atoms with Gasteiger partial charge in [0.15, 0.2) is 20.7 Å². The summed E-state index contributed by atoms with van der Waals surface area (Å²) in [5.41, 5.74) is 4.22. The van der Waals surface area contributed by atoms with Crippen LogP contribution in [0.2, 0.25) is 0 Å². The molecule has 1 amide bonds. The molecule has 2 heterocycles. The van der Waals surface area contributed by atoms with Gasteiger partial charge in [-0.3, -0.25) is 10.1 Å². The summed E-state index contributed by atoms with van der Waals surface area (Å²) in [6.45, 7) is 5.82. The Morgan fingerprint density at radius 3 is 2.57 bits per heavy atom. The van der Waals surface area contributed by atoms with Crippen LogP contribution >= 0.6 is 11.3 Å². The number of furan rings is 1. The van der Waals surface area contributed by atoms with Gasteiger partial charge in [0.25, 0.3) is 5.91 Å². The third-order valence-corrected chi connectivity index (χ3v) is 6.88. The van der Waals surface area contributed by atoms with Crippen LogP contribution in [0, 0.1) is 20.8 Å². The third kappa shape index (κ3) is 3.08. The second-order valence-corrected chi connectivity index (χ2v) is 9.86. The molecule has 1 N–H and O–H groups in total. The van der Waals surface area contributed by atoms with Crippen molar-refractivity contribution >= 4 is 53.4 Å². The lowest BCUT2D eigenvalue weighted by Crippen LogP contribution is -2.11. The van der Waals surface area contributed by atoms with Crippen LogP contribution in [0.15, 0.2) is 39.6 Å². The number of sulfone groups is 1. The van der Waals surface area contributed by atoms with Crippen LogP contribution in [0.5, 0.6) is 0 Å². The summed E-state index contributed by atoms with van der Waals surface area (Å²) in [6, 6.07) is 8.68. The quantitative estimate of drug-likeness (QED) is 0.528. The van der Waals surface area contributed by atoms with Crippen LogP contribution in [0.1, 0.15) is 27.2 Å². The van der Waals surface area contributed by atoms with Gasteiger partial charge in [-0.1, -0.05) is 23.5 Å². The van der Waals surface area contributed by atoms with Gasteiger partial charge in [0.05, 0.1) is 15.1 Å². The number of benzene rings is 2. The molecule has 0 atom stereocenters. The van der Waals surface area contributed by atoms with Gasteiger partial charge >= 0.3 is 0 Å². The number of carbonyl (C=O) groups is 1. The van der Waals surface area contributed by atoms with Crippen LogP contribution in [0.25, 0.3) is 21.2 Å². The summed E-state index contributed by atoms with van der Waals surface area (Å²) in [4.78, 5) is 17.4. The van der Waals surface area contributed by atoms with E-state index in [1.165, 1.54) is 17.4 Å². The van der Waals surface area contributed by atoms with E-state index in [4.69, 9.17) is 4.42 Å². The zero-order valence-corrected chi connectivity index (χ0v) is 17.4. The van der Waals surface area contributed by atoms with E-state index in [0.717, 1.165) is 28.3 Å². The molecular weight excluding hydrogens is 396 g/mol. The molecule has 0 saturated heterocycles. The molecular formula is C20H18N2O4S2. The van der Waals surface area contributed by atoms with Crippen molar-refractivity contribution in [3.63, 3.8) is 0 Å². The highest BCUT2D eigenvalue weighted by Gasteiger charge is 2.20. The van der Waals surface area contributed by atoms with Gasteiger partial charge < -0.3 is 4.42 Å². The molecule has 0 radical (unpaired) electrons. The van der Waals surface area contributed by atoms with Gasteiger partial charge in [-0.15, -0.1) is 0 Å². The van der Waals surface area contributed by atoms with Gasteiger partial charge in [0.2, 0.25) is 0 Å². The Labute approximate surface area is 166 Å². The maximum atomic E-state index is 12.8. The molecule has 2 aromatic carbocycles. The fourth-order valence-electron chi connectivity index (χ4n) is 3.08. The highest BCUT2D eigenvalue weighted by molar-refractivity contribution is 7.90. The van der Waals surface area contributed by atoms with E-state index in [9.17, 15) is 13.2 Å². The largest absolute Gasteiger partial charge is 0.450 e. The summed E-state index contributed by atoms with van der Waals surface area (Å²) in [7, 11) is -3.30. The van der Waals surface area contributed by atoms with E-state index >= 15 is 0 Å². The van der Waals surface area contributed by atoms with Gasteiger partial charge in [0, 0.05) is 17.2 Å². The topological polar surface area (TPSA) is 89.3 Å². The zero-order chi connectivity index (χ0) is 20.2. The smallest absolute Gasteiger partial charge is 0.293 e. The highest BCUT2D eigenvalue weighted by atomic mass is 32.2. The number of aryl methyl sites for hydroxylation is 3. The molecule has 6 nitrogen and oxygen atoms in total. The molecule has 2 aromatic heterocycles. The Morgan fingerprint density at radius 2 is 1.86 bits per heavy atom. The summed E-state index contributed by atoms with van der Waals surface area (Å²) < 4.78 is 30.0.